The molecule has 7 nitrogen and oxygen atoms in total. The average molecular weight is 340 g/mol. The second kappa shape index (κ2) is 6.57. The lowest BCUT2D eigenvalue weighted by Gasteiger charge is -2.18. The molecule has 0 radical (unpaired) electrons. The lowest BCUT2D eigenvalue weighted by atomic mass is 10.0. The molecule has 2 aromatic rings. The largest absolute Gasteiger partial charge is 0.465 e. The van der Waals surface area contributed by atoms with Gasteiger partial charge in [-0.1, -0.05) is 6.07 Å². The van der Waals surface area contributed by atoms with Crippen LogP contribution in [0.2, 0.25) is 0 Å². The second-order valence-electron chi connectivity index (χ2n) is 5.46. The van der Waals surface area contributed by atoms with Crippen LogP contribution in [-0.4, -0.2) is 34.7 Å². The van der Waals surface area contributed by atoms with Crippen LogP contribution in [0.15, 0.2) is 36.5 Å². The highest BCUT2D eigenvalue weighted by atomic mass is 19.1. The number of aromatic nitrogens is 1. The van der Waals surface area contributed by atoms with Gasteiger partial charge in [-0.2, -0.15) is 5.26 Å². The van der Waals surface area contributed by atoms with E-state index >= 15 is 0 Å². The van der Waals surface area contributed by atoms with E-state index in [1.165, 1.54) is 23.2 Å². The molecule has 1 aromatic carbocycles. The molecule has 0 spiro atoms. The van der Waals surface area contributed by atoms with Gasteiger partial charge in [0.2, 0.25) is 5.91 Å². The van der Waals surface area contributed by atoms with Crippen molar-refractivity contribution < 1.29 is 19.1 Å². The Kier molecular flexibility index (Phi) is 4.31. The van der Waals surface area contributed by atoms with Gasteiger partial charge in [-0.3, -0.25) is 4.79 Å². The molecule has 1 aromatic heterocycles. The topological polar surface area (TPSA) is 106 Å². The number of hydrogen-bond acceptors (Lipinski definition) is 4. The summed E-state index contributed by atoms with van der Waals surface area (Å²) < 4.78 is 14.6. The average Bonchev–Trinajstić information content (AvgIpc) is 2.95. The quantitative estimate of drug-likeness (QED) is 0.890. The first-order valence-electron chi connectivity index (χ1n) is 7.47. The van der Waals surface area contributed by atoms with Gasteiger partial charge in [0.05, 0.1) is 5.69 Å². The zero-order valence-corrected chi connectivity index (χ0v) is 12.9. The van der Waals surface area contributed by atoms with E-state index in [2.05, 4.69) is 10.3 Å². The van der Waals surface area contributed by atoms with Crippen molar-refractivity contribution in [1.82, 2.24) is 10.3 Å². The monoisotopic (exact) mass is 340 g/mol. The molecule has 2 heterocycles. The number of carbonyl (C=O) groups is 2. The van der Waals surface area contributed by atoms with Crippen molar-refractivity contribution in [3.8, 4) is 17.2 Å². The predicted molar refractivity (Wildman–Crippen MR) is 86.3 cm³/mol. The summed E-state index contributed by atoms with van der Waals surface area (Å²) in [6.45, 7) is 0.219. The van der Waals surface area contributed by atoms with Gasteiger partial charge in [0.15, 0.2) is 0 Å². The molecule has 1 aliphatic heterocycles. The molecule has 0 aliphatic carbocycles. The molecule has 0 saturated carbocycles. The van der Waals surface area contributed by atoms with E-state index in [0.717, 1.165) is 0 Å². The maximum Gasteiger partial charge on any atom is 0.405 e. The SMILES string of the molecule is N#Cc1ncccc1-c1ccc(N2CC[C@H](NC(=O)O)C2=O)c(F)c1. The van der Waals surface area contributed by atoms with E-state index in [9.17, 15) is 14.0 Å². The molecular formula is C17H13FN4O3. The van der Waals surface area contributed by atoms with Crippen LogP contribution in [0.3, 0.4) is 0 Å². The maximum atomic E-state index is 14.6. The number of hydrogen-bond donors (Lipinski definition) is 2. The van der Waals surface area contributed by atoms with Gasteiger partial charge < -0.3 is 15.3 Å². The Bertz CT molecular complexity index is 894. The lowest BCUT2D eigenvalue weighted by molar-refractivity contribution is -0.118. The molecule has 1 aliphatic rings. The van der Waals surface area contributed by atoms with E-state index in [1.807, 2.05) is 6.07 Å². The number of rotatable bonds is 3. The number of nitriles is 1. The van der Waals surface area contributed by atoms with Crippen LogP contribution in [-0.2, 0) is 4.79 Å². The number of halogens is 1. The number of nitrogens with zero attached hydrogens (tertiary/aromatic N) is 3. The standard InChI is InChI=1S/C17H13FN4O3/c18-12-8-10(11-2-1-6-20-14(11)9-19)3-4-15(12)22-7-5-13(16(22)23)21-17(24)25/h1-4,6,8,13,21H,5,7H2,(H,24,25)/t13-/m0/s1. The molecule has 0 bridgehead atoms. The highest BCUT2D eigenvalue weighted by molar-refractivity contribution is 6.01. The first-order valence-corrected chi connectivity index (χ1v) is 7.47. The van der Waals surface area contributed by atoms with E-state index in [0.29, 0.717) is 11.1 Å². The Balaban J connectivity index is 1.90. The summed E-state index contributed by atoms with van der Waals surface area (Å²) in [6.07, 6.45) is 0.454. The highest BCUT2D eigenvalue weighted by Crippen LogP contribution is 2.30. The molecule has 2 amide bonds. The highest BCUT2D eigenvalue weighted by Gasteiger charge is 2.34. The van der Waals surface area contributed by atoms with Gasteiger partial charge in [-0.25, -0.2) is 14.2 Å². The zero-order valence-electron chi connectivity index (χ0n) is 12.9. The minimum absolute atomic E-state index is 0.0748. The van der Waals surface area contributed by atoms with Crippen molar-refractivity contribution >= 4 is 17.7 Å². The number of nitrogens with one attached hydrogen (secondary N) is 1. The Morgan fingerprint density at radius 3 is 2.92 bits per heavy atom. The number of amides is 2. The predicted octanol–water partition coefficient (Wildman–Crippen LogP) is 2.13. The maximum absolute atomic E-state index is 14.6. The molecule has 1 fully saturated rings. The van der Waals surface area contributed by atoms with Gasteiger partial charge >= 0.3 is 6.09 Å². The van der Waals surface area contributed by atoms with Crippen molar-refractivity contribution in [2.24, 2.45) is 0 Å². The molecule has 1 saturated heterocycles. The summed E-state index contributed by atoms with van der Waals surface area (Å²) >= 11 is 0. The Morgan fingerprint density at radius 2 is 2.24 bits per heavy atom. The summed E-state index contributed by atoms with van der Waals surface area (Å²) in [5.74, 6) is -1.12. The van der Waals surface area contributed by atoms with Gasteiger partial charge in [-0.05, 0) is 36.2 Å². The molecule has 2 N–H and O–H groups in total. The van der Waals surface area contributed by atoms with E-state index in [-0.39, 0.29) is 24.3 Å². The van der Waals surface area contributed by atoms with Crippen LogP contribution in [0, 0.1) is 17.1 Å². The fourth-order valence-electron chi connectivity index (χ4n) is 2.82. The third-order valence-electron chi connectivity index (χ3n) is 3.97. The van der Waals surface area contributed by atoms with Crippen LogP contribution in [0.1, 0.15) is 12.1 Å². The normalized spacial score (nSPS) is 16.6. The van der Waals surface area contributed by atoms with Crippen molar-refractivity contribution in [2.45, 2.75) is 12.5 Å². The summed E-state index contributed by atoms with van der Waals surface area (Å²) in [7, 11) is 0. The minimum atomic E-state index is -1.29. The van der Waals surface area contributed by atoms with E-state index in [4.69, 9.17) is 10.4 Å². The number of anilines is 1. The van der Waals surface area contributed by atoms with Crippen LogP contribution in [0.4, 0.5) is 14.9 Å². The van der Waals surface area contributed by atoms with Crippen LogP contribution < -0.4 is 10.2 Å². The Morgan fingerprint density at radius 1 is 1.44 bits per heavy atom. The van der Waals surface area contributed by atoms with Crippen LogP contribution >= 0.6 is 0 Å². The molecular weight excluding hydrogens is 327 g/mol. The van der Waals surface area contributed by atoms with Gasteiger partial charge in [0.1, 0.15) is 23.6 Å². The fourth-order valence-corrected chi connectivity index (χ4v) is 2.82. The van der Waals surface area contributed by atoms with E-state index < -0.39 is 23.9 Å². The molecule has 25 heavy (non-hydrogen) atoms. The second-order valence-corrected chi connectivity index (χ2v) is 5.46. The summed E-state index contributed by atoms with van der Waals surface area (Å²) in [6, 6.07) is 8.66. The Labute approximate surface area is 142 Å². The third-order valence-corrected chi connectivity index (χ3v) is 3.97. The van der Waals surface area contributed by atoms with Crippen molar-refractivity contribution in [1.29, 1.82) is 5.26 Å². The smallest absolute Gasteiger partial charge is 0.405 e. The first kappa shape index (κ1) is 16.4. The third kappa shape index (κ3) is 3.12. The van der Waals surface area contributed by atoms with Crippen molar-refractivity contribution in [3.63, 3.8) is 0 Å². The van der Waals surface area contributed by atoms with Crippen molar-refractivity contribution in [3.05, 3.63) is 48.0 Å². The number of benzene rings is 1. The van der Waals surface area contributed by atoms with Crippen molar-refractivity contribution in [2.75, 3.05) is 11.4 Å². The van der Waals surface area contributed by atoms with Gasteiger partial charge in [0.25, 0.3) is 0 Å². The van der Waals surface area contributed by atoms with Crippen LogP contribution in [0.5, 0.6) is 0 Å². The zero-order chi connectivity index (χ0) is 18.0. The van der Waals surface area contributed by atoms with Gasteiger partial charge in [-0.15, -0.1) is 0 Å². The molecule has 3 rings (SSSR count). The number of pyridine rings is 1. The molecule has 8 heteroatoms. The molecule has 1 atom stereocenters. The summed E-state index contributed by atoms with van der Waals surface area (Å²) in [5.41, 5.74) is 1.22. The fraction of sp³-hybridized carbons (Fsp3) is 0.176. The summed E-state index contributed by atoms with van der Waals surface area (Å²) in [5, 5.41) is 19.9. The van der Waals surface area contributed by atoms with E-state index in [1.54, 1.807) is 18.2 Å². The number of carbonyl (C=O) groups excluding carboxylic acids is 1. The Hall–Kier alpha value is -3.47. The molecule has 0 unspecified atom stereocenters. The minimum Gasteiger partial charge on any atom is -0.465 e. The van der Waals surface area contributed by atoms with Gasteiger partial charge in [0, 0.05) is 18.3 Å². The first-order chi connectivity index (χ1) is 12.0. The lowest BCUT2D eigenvalue weighted by Crippen LogP contribution is -2.41. The van der Waals surface area contributed by atoms with Crippen LogP contribution in [0.25, 0.3) is 11.1 Å². The summed E-state index contributed by atoms with van der Waals surface area (Å²) in [4.78, 5) is 28.1. The number of carboxylic acid groups (broad SMARTS) is 1. The molecule has 126 valence electrons.